The zero-order valence-electron chi connectivity index (χ0n) is 34.6. The highest BCUT2D eigenvalue weighted by atomic mass is 35.5. The highest BCUT2D eigenvalue weighted by Crippen LogP contribution is 2.40. The molecule has 3 aliphatic heterocycles. The number of amides is 4. The average molecular weight is 890 g/mol. The Morgan fingerprint density at radius 3 is 2.51 bits per heavy atom. The van der Waals surface area contributed by atoms with Crippen LogP contribution < -0.4 is 16.0 Å². The zero-order chi connectivity index (χ0) is 44.6. The predicted molar refractivity (Wildman–Crippen MR) is 237 cm³/mol. The number of benzene rings is 2. The lowest BCUT2D eigenvalue weighted by Gasteiger charge is -2.29. The molecule has 7 rings (SSSR count). The number of hydrogen-bond acceptors (Lipinski definition) is 12. The van der Waals surface area contributed by atoms with Crippen molar-refractivity contribution in [3.63, 3.8) is 0 Å². The number of imide groups is 1. The van der Waals surface area contributed by atoms with Gasteiger partial charge in [0.15, 0.2) is 0 Å². The van der Waals surface area contributed by atoms with Crippen LogP contribution in [0.2, 0.25) is 5.02 Å². The lowest BCUT2D eigenvalue weighted by molar-refractivity contribution is -0.137. The first-order valence-electron chi connectivity index (χ1n) is 20.1. The van der Waals surface area contributed by atoms with E-state index in [1.807, 2.05) is 31.3 Å². The largest absolute Gasteiger partial charge is 0.377 e. The Bertz CT molecular complexity index is 2630. The predicted octanol–water partition coefficient (Wildman–Crippen LogP) is 4.04. The first kappa shape index (κ1) is 44.6. The average Bonchev–Trinajstić information content (AvgIpc) is 3.92. The summed E-state index contributed by atoms with van der Waals surface area (Å²) in [5, 5.41) is 25.4. The molecule has 5 heterocycles. The van der Waals surface area contributed by atoms with Crippen LogP contribution in [0.15, 0.2) is 59.9 Å². The molecule has 0 radical (unpaired) electrons. The number of nitrogens with two attached hydrogens (primary N) is 1. The van der Waals surface area contributed by atoms with Gasteiger partial charge in [-0.2, -0.15) is 5.10 Å². The molecule has 324 valence electrons. The van der Waals surface area contributed by atoms with Crippen LogP contribution in [-0.2, 0) is 41.7 Å². The summed E-state index contributed by atoms with van der Waals surface area (Å²) in [5.41, 5.74) is 11.1. The van der Waals surface area contributed by atoms with Crippen molar-refractivity contribution in [2.24, 2.45) is 10.7 Å². The molecule has 18 heteroatoms. The van der Waals surface area contributed by atoms with Gasteiger partial charge in [0, 0.05) is 46.4 Å². The number of thiophene rings is 1. The summed E-state index contributed by atoms with van der Waals surface area (Å²) in [5.74, 6) is 11.0. The van der Waals surface area contributed by atoms with Crippen LogP contribution in [0.5, 0.6) is 0 Å². The molecule has 0 bridgehead atoms. The van der Waals surface area contributed by atoms with E-state index in [2.05, 4.69) is 34.1 Å². The highest BCUT2D eigenvalue weighted by molar-refractivity contribution is 7.17. The molecule has 0 aliphatic carbocycles. The summed E-state index contributed by atoms with van der Waals surface area (Å²) in [6.07, 6.45) is 3.83. The number of ether oxygens (including phenoxy) is 3. The van der Waals surface area contributed by atoms with Crippen molar-refractivity contribution in [2.45, 2.75) is 58.3 Å². The van der Waals surface area contributed by atoms with Gasteiger partial charge in [0.2, 0.25) is 17.7 Å². The van der Waals surface area contributed by atoms with Gasteiger partial charge in [-0.25, -0.2) is 0 Å². The molecule has 2 aromatic carbocycles. The van der Waals surface area contributed by atoms with Crippen molar-refractivity contribution in [3.05, 3.63) is 104 Å². The number of nitrogens with zero attached hydrogens (tertiary/aromatic N) is 5. The van der Waals surface area contributed by atoms with Crippen molar-refractivity contribution < 1.29 is 33.4 Å². The fraction of sp³-hybridized carbons (Fsp3) is 0.333. The van der Waals surface area contributed by atoms with Crippen LogP contribution >= 0.6 is 22.9 Å². The number of anilines is 1. The maximum absolute atomic E-state index is 13.0. The van der Waals surface area contributed by atoms with Gasteiger partial charge < -0.3 is 24.8 Å². The summed E-state index contributed by atoms with van der Waals surface area (Å²) in [6, 6.07) is 10.9. The number of rotatable bonds is 14. The molecule has 4 amide bonds. The van der Waals surface area contributed by atoms with Crippen molar-refractivity contribution in [2.75, 3.05) is 44.5 Å². The molecule has 0 spiro atoms. The summed E-state index contributed by atoms with van der Waals surface area (Å²) < 4.78 is 18.7. The quantitative estimate of drug-likeness (QED) is 0.0472. The van der Waals surface area contributed by atoms with E-state index in [1.54, 1.807) is 42.1 Å². The van der Waals surface area contributed by atoms with Gasteiger partial charge in [0.1, 0.15) is 35.4 Å². The maximum atomic E-state index is 13.0. The molecule has 3 aliphatic rings. The summed E-state index contributed by atoms with van der Waals surface area (Å²) >= 11 is 7.54. The van der Waals surface area contributed by atoms with Crippen molar-refractivity contribution >= 4 is 69.0 Å². The molecule has 63 heavy (non-hydrogen) atoms. The maximum Gasteiger partial charge on any atom is 0.255 e. The summed E-state index contributed by atoms with van der Waals surface area (Å²) in [4.78, 5) is 57.6. The van der Waals surface area contributed by atoms with Crippen molar-refractivity contribution in [1.29, 1.82) is 10.8 Å². The van der Waals surface area contributed by atoms with E-state index in [0.717, 1.165) is 27.1 Å². The summed E-state index contributed by atoms with van der Waals surface area (Å²) in [7, 11) is 0. The van der Waals surface area contributed by atoms with E-state index >= 15 is 0 Å². The number of nitrogens with one attached hydrogen (secondary N) is 3. The second-order valence-corrected chi connectivity index (χ2v) is 16.2. The van der Waals surface area contributed by atoms with E-state index in [1.165, 1.54) is 21.1 Å². The van der Waals surface area contributed by atoms with E-state index in [9.17, 15) is 19.2 Å². The monoisotopic (exact) mass is 889 g/mol. The first-order valence-corrected chi connectivity index (χ1v) is 21.3. The molecular weight excluding hydrogens is 846 g/mol. The van der Waals surface area contributed by atoms with Crippen LogP contribution in [-0.4, -0.2) is 107 Å². The Morgan fingerprint density at radius 1 is 1.03 bits per heavy atom. The van der Waals surface area contributed by atoms with Crippen LogP contribution in [0.3, 0.4) is 0 Å². The number of carbonyl (C=O) groups excluding carboxylic acids is 4. The lowest BCUT2D eigenvalue weighted by Crippen LogP contribution is -2.52. The second-order valence-electron chi connectivity index (χ2n) is 14.8. The summed E-state index contributed by atoms with van der Waals surface area (Å²) in [6.45, 7) is 6.34. The Balaban J connectivity index is 0.855. The molecule has 4 aromatic rings. The third-order valence-electron chi connectivity index (χ3n) is 10.4. The minimum atomic E-state index is -0.883. The number of fused-ring (bicyclic) bond motifs is 2. The van der Waals surface area contributed by atoms with E-state index in [-0.39, 0.29) is 49.5 Å². The van der Waals surface area contributed by atoms with E-state index in [4.69, 9.17) is 47.4 Å². The number of amidine groups is 2. The Morgan fingerprint density at radius 2 is 1.78 bits per heavy atom. The Labute approximate surface area is 372 Å². The minimum absolute atomic E-state index is 0.0214. The van der Waals surface area contributed by atoms with Gasteiger partial charge in [-0.05, 0) is 55.7 Å². The van der Waals surface area contributed by atoms with Gasteiger partial charge in [-0.1, -0.05) is 53.5 Å². The third-order valence-corrected chi connectivity index (χ3v) is 11.8. The smallest absolute Gasteiger partial charge is 0.255 e. The van der Waals surface area contributed by atoms with Crippen LogP contribution in [0, 0.1) is 41.4 Å². The van der Waals surface area contributed by atoms with Gasteiger partial charge in [-0.3, -0.25) is 49.9 Å². The molecule has 2 aromatic heterocycles. The molecular formula is C45H44ClN9O7S. The van der Waals surface area contributed by atoms with Gasteiger partial charge in [-0.15, -0.1) is 11.3 Å². The first-order chi connectivity index (χ1) is 30.4. The number of aliphatic imine (C=N–C) groups is 1. The second kappa shape index (κ2) is 20.1. The van der Waals surface area contributed by atoms with Crippen LogP contribution in [0.4, 0.5) is 5.00 Å². The van der Waals surface area contributed by atoms with Crippen molar-refractivity contribution in [1.82, 2.24) is 20.0 Å². The highest BCUT2D eigenvalue weighted by Gasteiger charge is 2.40. The number of piperidine rings is 1. The Kier molecular flexibility index (Phi) is 14.3. The van der Waals surface area contributed by atoms with Gasteiger partial charge in [0.05, 0.1) is 68.3 Å². The van der Waals surface area contributed by atoms with Crippen molar-refractivity contribution in [3.8, 4) is 23.7 Å². The molecule has 0 saturated carbocycles. The fourth-order valence-corrected chi connectivity index (χ4v) is 8.68. The number of primary amides is 1. The van der Waals surface area contributed by atoms with E-state index < -0.39 is 23.9 Å². The van der Waals surface area contributed by atoms with Crippen LogP contribution in [0.1, 0.15) is 74.8 Å². The molecule has 5 N–H and O–H groups in total. The SMILES string of the molecule is CC(=N)N1C(=N)[C@H](CC(N)=O)N=C(c2ccc(Cl)cc2)c2c1sc(C#Cc1cnn(CCOCCOCCOCC#Cc3cccc4c3CN(C3CCC(=O)NC3=O)C4=O)c1)c2C. The molecule has 1 fully saturated rings. The fourth-order valence-electron chi connectivity index (χ4n) is 7.32. The Hall–Kier alpha value is -6.47. The molecule has 16 nitrogen and oxygen atoms in total. The standard InChI is InChI=1S/C45H44ClN9O7S/c1-27-37(63-45-40(27)41(31-9-11-32(46)12-10-31)51-35(23-38(48)56)42(49)55(45)28(2)47)14-8-29-24-50-53(25-29)16-18-61-20-22-62-21-19-60-17-4-6-30-5-3-7-33-34(30)26-54(44(33)59)36-13-15-39(57)52-43(36)58/h3,5,7,9-12,24-25,35-36,47,49H,13,15-23,26H2,1-2H3,(H2,48,56)(H,52,57,58)/t35-,36?/m0/s1. The number of halogens is 1. The number of aromatic nitrogens is 2. The molecule has 2 atom stereocenters. The number of hydrogen-bond donors (Lipinski definition) is 4. The lowest BCUT2D eigenvalue weighted by atomic mass is 9.99. The third kappa shape index (κ3) is 10.4. The zero-order valence-corrected chi connectivity index (χ0v) is 36.2. The van der Waals surface area contributed by atoms with Crippen LogP contribution in [0.25, 0.3) is 0 Å². The van der Waals surface area contributed by atoms with Gasteiger partial charge in [0.25, 0.3) is 5.91 Å². The molecule has 1 unspecified atom stereocenters. The minimum Gasteiger partial charge on any atom is -0.377 e. The number of carbonyl (C=O) groups is 4. The topological polar surface area (TPSA) is 218 Å². The van der Waals surface area contributed by atoms with Gasteiger partial charge >= 0.3 is 0 Å². The normalized spacial score (nSPS) is 16.9. The molecule has 1 saturated heterocycles. The van der Waals surface area contributed by atoms with E-state index in [0.29, 0.717) is 78.4 Å².